The van der Waals surface area contributed by atoms with Crippen molar-refractivity contribution in [1.82, 2.24) is 15.0 Å². The Labute approximate surface area is 138 Å². The van der Waals surface area contributed by atoms with E-state index in [2.05, 4.69) is 52.0 Å². The van der Waals surface area contributed by atoms with Gasteiger partial charge in [0, 0.05) is 28.9 Å². The number of aromatic amines is 2. The molecule has 0 amide bonds. The zero-order valence-corrected chi connectivity index (χ0v) is 13.8. The summed E-state index contributed by atoms with van der Waals surface area (Å²) in [5.74, 6) is 0.793. The number of rotatable bonds is 2. The molecule has 0 spiro atoms. The van der Waals surface area contributed by atoms with Gasteiger partial charge in [0.1, 0.15) is 5.75 Å². The van der Waals surface area contributed by atoms with Crippen LogP contribution in [0.2, 0.25) is 0 Å². The van der Waals surface area contributed by atoms with Crippen molar-refractivity contribution in [2.75, 3.05) is 7.11 Å². The number of ether oxygens (including phenoxy) is 1. The molecule has 0 bridgehead atoms. The molecule has 0 aromatic carbocycles. The van der Waals surface area contributed by atoms with Crippen LogP contribution in [-0.4, -0.2) is 22.1 Å². The van der Waals surface area contributed by atoms with Crippen molar-refractivity contribution in [3.8, 4) is 5.75 Å². The van der Waals surface area contributed by atoms with E-state index in [-0.39, 0.29) is 0 Å². The van der Waals surface area contributed by atoms with Gasteiger partial charge in [0.05, 0.1) is 35.1 Å². The molecule has 5 heteroatoms. The van der Waals surface area contributed by atoms with E-state index < -0.39 is 0 Å². The molecule has 24 heavy (non-hydrogen) atoms. The molecule has 3 aromatic rings. The smallest absolute Gasteiger partial charge is 0.144 e. The van der Waals surface area contributed by atoms with E-state index >= 15 is 0 Å². The predicted molar refractivity (Wildman–Crippen MR) is 93.3 cm³/mol. The number of H-pyrrole nitrogens is 2. The third-order valence-corrected chi connectivity index (χ3v) is 4.15. The highest BCUT2D eigenvalue weighted by Gasteiger charge is 2.06. The van der Waals surface area contributed by atoms with Gasteiger partial charge in [-0.05, 0) is 43.7 Å². The van der Waals surface area contributed by atoms with E-state index in [1.54, 1.807) is 19.5 Å². The second-order valence-corrected chi connectivity index (χ2v) is 5.93. The molecule has 4 heterocycles. The Balaban J connectivity index is 1.93. The normalized spacial score (nSPS) is 15.9. The largest absolute Gasteiger partial charge is 0.494 e. The number of nitrogens with one attached hydrogen (secondary N) is 2. The van der Waals surface area contributed by atoms with E-state index in [1.807, 2.05) is 12.1 Å². The van der Waals surface area contributed by atoms with E-state index in [4.69, 9.17) is 4.74 Å². The maximum Gasteiger partial charge on any atom is 0.144 e. The number of aromatic nitrogens is 3. The van der Waals surface area contributed by atoms with Gasteiger partial charge in [0.2, 0.25) is 0 Å². The standard InChI is InChI=1S/C19H18N4O/c1-11-6-12(2)21-14(11)8-17-19(24-3)9-16(22-17)15-7-13-4-5-20-10-18(13)23-15/h4-10,21-22H,1-3H3/b16-15-,17-8-. The van der Waals surface area contributed by atoms with Crippen molar-refractivity contribution >= 4 is 17.8 Å². The van der Waals surface area contributed by atoms with Crippen LogP contribution in [0.5, 0.6) is 5.75 Å². The lowest BCUT2D eigenvalue weighted by atomic mass is 10.2. The molecular formula is C19H18N4O. The molecule has 120 valence electrons. The van der Waals surface area contributed by atoms with Crippen LogP contribution >= 0.6 is 0 Å². The Morgan fingerprint density at radius 3 is 2.75 bits per heavy atom. The molecule has 1 aliphatic rings. The first-order valence-electron chi connectivity index (χ1n) is 7.80. The summed E-state index contributed by atoms with van der Waals surface area (Å²) in [5, 5.41) is 3.82. The average molecular weight is 318 g/mol. The van der Waals surface area contributed by atoms with Crippen molar-refractivity contribution in [3.05, 3.63) is 68.8 Å². The molecule has 0 saturated carbocycles. The molecule has 1 aliphatic heterocycles. The number of pyridine rings is 1. The van der Waals surface area contributed by atoms with Gasteiger partial charge in [-0.15, -0.1) is 0 Å². The second-order valence-electron chi connectivity index (χ2n) is 5.93. The summed E-state index contributed by atoms with van der Waals surface area (Å²) in [4.78, 5) is 15.5. The van der Waals surface area contributed by atoms with Crippen LogP contribution in [0, 0.1) is 13.8 Å². The molecule has 0 atom stereocenters. The fraction of sp³-hybridized carbons (Fsp3) is 0.158. The molecular weight excluding hydrogens is 300 g/mol. The first-order chi connectivity index (χ1) is 11.6. The van der Waals surface area contributed by atoms with Crippen LogP contribution in [0.4, 0.5) is 0 Å². The highest BCUT2D eigenvalue weighted by molar-refractivity contribution is 5.76. The van der Waals surface area contributed by atoms with Crippen molar-refractivity contribution in [3.63, 3.8) is 0 Å². The fourth-order valence-corrected chi connectivity index (χ4v) is 2.97. The minimum atomic E-state index is 0.793. The van der Waals surface area contributed by atoms with Crippen molar-refractivity contribution in [2.24, 2.45) is 4.99 Å². The van der Waals surface area contributed by atoms with Crippen molar-refractivity contribution in [1.29, 1.82) is 0 Å². The fourth-order valence-electron chi connectivity index (χ4n) is 2.97. The first kappa shape index (κ1) is 14.5. The number of methoxy groups -OCH3 is 1. The summed E-state index contributed by atoms with van der Waals surface area (Å²) >= 11 is 0. The Bertz CT molecular complexity index is 1130. The van der Waals surface area contributed by atoms with E-state index in [1.165, 1.54) is 5.56 Å². The van der Waals surface area contributed by atoms with Gasteiger partial charge in [0.15, 0.2) is 0 Å². The summed E-state index contributed by atoms with van der Waals surface area (Å²) in [5.41, 5.74) is 4.30. The van der Waals surface area contributed by atoms with E-state index in [0.717, 1.165) is 44.1 Å². The Morgan fingerprint density at radius 1 is 1.17 bits per heavy atom. The van der Waals surface area contributed by atoms with Gasteiger partial charge in [-0.1, -0.05) is 0 Å². The van der Waals surface area contributed by atoms with Crippen LogP contribution in [0.3, 0.4) is 0 Å². The van der Waals surface area contributed by atoms with Crippen LogP contribution in [0.25, 0.3) is 17.8 Å². The zero-order valence-electron chi connectivity index (χ0n) is 13.8. The molecule has 5 nitrogen and oxygen atoms in total. The van der Waals surface area contributed by atoms with Gasteiger partial charge < -0.3 is 14.7 Å². The van der Waals surface area contributed by atoms with Gasteiger partial charge in [-0.3, -0.25) is 4.98 Å². The Hall–Kier alpha value is -3.08. The molecule has 0 saturated heterocycles. The lowest BCUT2D eigenvalue weighted by Gasteiger charge is -1.94. The zero-order chi connectivity index (χ0) is 16.7. The monoisotopic (exact) mass is 318 g/mol. The summed E-state index contributed by atoms with van der Waals surface area (Å²) in [6.07, 6.45) is 7.67. The molecule has 3 aromatic heterocycles. The first-order valence-corrected chi connectivity index (χ1v) is 7.80. The van der Waals surface area contributed by atoms with Crippen LogP contribution in [-0.2, 0) is 0 Å². The highest BCUT2D eigenvalue weighted by atomic mass is 16.5. The van der Waals surface area contributed by atoms with Crippen molar-refractivity contribution < 1.29 is 4.74 Å². The average Bonchev–Trinajstić information content (AvgIpc) is 3.24. The van der Waals surface area contributed by atoms with Gasteiger partial charge in [-0.2, -0.15) is 0 Å². The molecule has 0 aliphatic carbocycles. The molecule has 2 N–H and O–H groups in total. The lowest BCUT2D eigenvalue weighted by Crippen LogP contribution is -2.20. The molecule has 4 rings (SSSR count). The summed E-state index contributed by atoms with van der Waals surface area (Å²) in [6.45, 7) is 4.14. The topological polar surface area (TPSA) is 66.1 Å². The van der Waals surface area contributed by atoms with Crippen LogP contribution in [0.15, 0.2) is 35.6 Å². The third kappa shape index (κ3) is 2.44. The second kappa shape index (κ2) is 5.53. The molecule has 0 fully saturated rings. The summed E-state index contributed by atoms with van der Waals surface area (Å²) < 4.78 is 5.52. The van der Waals surface area contributed by atoms with Gasteiger partial charge in [-0.25, -0.2) is 4.99 Å². The molecule has 0 radical (unpaired) electrons. The SMILES string of the molecule is COc1c/c(=C2\C=c3ccncc3=N2)[nH]/c1=C\c1[nH]c(C)cc1C. The Kier molecular flexibility index (Phi) is 3.34. The number of hydrogen-bond donors (Lipinski definition) is 2. The summed E-state index contributed by atoms with van der Waals surface area (Å²) in [7, 11) is 1.68. The number of fused-ring (bicyclic) bond motifs is 1. The van der Waals surface area contributed by atoms with E-state index in [9.17, 15) is 0 Å². The number of nitrogens with zero attached hydrogens (tertiary/aromatic N) is 2. The third-order valence-electron chi connectivity index (χ3n) is 4.15. The highest BCUT2D eigenvalue weighted by Crippen LogP contribution is 2.10. The van der Waals surface area contributed by atoms with Gasteiger partial charge >= 0.3 is 0 Å². The van der Waals surface area contributed by atoms with Crippen molar-refractivity contribution in [2.45, 2.75) is 13.8 Å². The number of aryl methyl sites for hydroxylation is 2. The lowest BCUT2D eigenvalue weighted by molar-refractivity contribution is 0.412. The predicted octanol–water partition coefficient (Wildman–Crippen LogP) is 0.414. The van der Waals surface area contributed by atoms with Gasteiger partial charge in [0.25, 0.3) is 0 Å². The van der Waals surface area contributed by atoms with E-state index in [0.29, 0.717) is 0 Å². The maximum atomic E-state index is 5.52. The Morgan fingerprint density at radius 2 is 2.04 bits per heavy atom. The number of hydrogen-bond acceptors (Lipinski definition) is 3. The summed E-state index contributed by atoms with van der Waals surface area (Å²) in [6, 6.07) is 6.07. The maximum absolute atomic E-state index is 5.52. The van der Waals surface area contributed by atoms with Crippen LogP contribution in [0.1, 0.15) is 17.0 Å². The quantitative estimate of drug-likeness (QED) is 0.719. The molecule has 0 unspecified atom stereocenters. The minimum absolute atomic E-state index is 0.793. The van der Waals surface area contributed by atoms with Crippen LogP contribution < -0.4 is 26.0 Å². The minimum Gasteiger partial charge on any atom is -0.494 e.